The van der Waals surface area contributed by atoms with Crippen LogP contribution in [-0.4, -0.2) is 33.2 Å². The Morgan fingerprint density at radius 3 is 2.61 bits per heavy atom. The Hall–Kier alpha value is -2.76. The Bertz CT molecular complexity index is 923. The van der Waals surface area contributed by atoms with Crippen LogP contribution >= 0.6 is 0 Å². The molecule has 0 spiro atoms. The summed E-state index contributed by atoms with van der Waals surface area (Å²) in [5, 5.41) is 0. The lowest BCUT2D eigenvalue weighted by atomic mass is 10.0. The van der Waals surface area contributed by atoms with Crippen LogP contribution in [0.15, 0.2) is 24.3 Å². The molecule has 1 unspecified atom stereocenters. The molecule has 3 heterocycles. The van der Waals surface area contributed by atoms with E-state index in [1.807, 2.05) is 11.8 Å². The van der Waals surface area contributed by atoms with Gasteiger partial charge in [-0.05, 0) is 38.7 Å². The van der Waals surface area contributed by atoms with E-state index in [-0.39, 0.29) is 17.9 Å². The molecular weight excluding hydrogens is 352 g/mol. The fraction of sp³-hybridized carbons (Fsp3) is 0.455. The van der Waals surface area contributed by atoms with Gasteiger partial charge in [0.15, 0.2) is 5.82 Å². The number of nitrogens with zero attached hydrogens (tertiary/aromatic N) is 4. The zero-order chi connectivity index (χ0) is 19.8. The van der Waals surface area contributed by atoms with Crippen LogP contribution < -0.4 is 4.90 Å². The van der Waals surface area contributed by atoms with Gasteiger partial charge in [0, 0.05) is 31.1 Å². The molecule has 1 fully saturated rings. The van der Waals surface area contributed by atoms with E-state index in [1.54, 1.807) is 11.8 Å². The van der Waals surface area contributed by atoms with Crippen molar-refractivity contribution in [3.8, 4) is 0 Å². The van der Waals surface area contributed by atoms with Crippen molar-refractivity contribution >= 4 is 17.6 Å². The predicted molar refractivity (Wildman–Crippen MR) is 107 cm³/mol. The van der Waals surface area contributed by atoms with Gasteiger partial charge in [-0.3, -0.25) is 14.5 Å². The van der Waals surface area contributed by atoms with Gasteiger partial charge in [0.25, 0.3) is 0 Å². The van der Waals surface area contributed by atoms with Crippen LogP contribution in [0.1, 0.15) is 60.4 Å². The maximum atomic E-state index is 12.7. The molecule has 0 aliphatic carbocycles. The highest BCUT2D eigenvalue weighted by molar-refractivity contribution is 5.95. The summed E-state index contributed by atoms with van der Waals surface area (Å²) in [6.07, 6.45) is 2.97. The Morgan fingerprint density at radius 2 is 1.89 bits per heavy atom. The van der Waals surface area contributed by atoms with Crippen molar-refractivity contribution in [2.75, 3.05) is 11.4 Å². The minimum Gasteiger partial charge on any atom is -0.333 e. The standard InChI is InChI=1S/C22H26N4O2/c1-14-6-8-17(9-7-14)13-26-20(28)11-10-18-15(2)23-21(24-22(18)26)19-5-4-12-25(19)16(3)27/h6-9,19H,4-5,10-13H2,1-3H3. The molecule has 0 bridgehead atoms. The number of benzene rings is 1. The number of aryl methyl sites for hydroxylation is 2. The summed E-state index contributed by atoms with van der Waals surface area (Å²) in [6, 6.07) is 8.13. The number of aromatic nitrogens is 2. The number of carbonyl (C=O) groups is 2. The van der Waals surface area contributed by atoms with Gasteiger partial charge in [-0.15, -0.1) is 0 Å². The molecule has 6 nitrogen and oxygen atoms in total. The summed E-state index contributed by atoms with van der Waals surface area (Å²) in [4.78, 5) is 37.9. The molecule has 28 heavy (non-hydrogen) atoms. The number of hydrogen-bond acceptors (Lipinski definition) is 4. The second kappa shape index (κ2) is 7.34. The molecule has 1 saturated heterocycles. The molecule has 2 amide bonds. The zero-order valence-corrected chi connectivity index (χ0v) is 16.7. The van der Waals surface area contributed by atoms with Crippen molar-refractivity contribution in [1.29, 1.82) is 0 Å². The van der Waals surface area contributed by atoms with E-state index < -0.39 is 0 Å². The summed E-state index contributed by atoms with van der Waals surface area (Å²) in [6.45, 7) is 6.87. The normalized spacial score (nSPS) is 19.1. The third-order valence-electron chi connectivity index (χ3n) is 5.77. The molecule has 0 N–H and O–H groups in total. The third kappa shape index (κ3) is 3.39. The number of likely N-dealkylation sites (tertiary alicyclic amines) is 1. The van der Waals surface area contributed by atoms with Crippen LogP contribution in [0, 0.1) is 13.8 Å². The maximum absolute atomic E-state index is 12.7. The average Bonchev–Trinajstić information content (AvgIpc) is 3.16. The third-order valence-corrected chi connectivity index (χ3v) is 5.77. The van der Waals surface area contributed by atoms with Crippen molar-refractivity contribution in [2.24, 2.45) is 0 Å². The molecule has 2 aromatic rings. The number of hydrogen-bond donors (Lipinski definition) is 0. The molecule has 4 rings (SSSR count). The largest absolute Gasteiger partial charge is 0.333 e. The average molecular weight is 378 g/mol. The summed E-state index contributed by atoms with van der Waals surface area (Å²) in [5.41, 5.74) is 4.23. The van der Waals surface area contributed by atoms with Crippen molar-refractivity contribution in [2.45, 2.75) is 59.0 Å². The predicted octanol–water partition coefficient (Wildman–Crippen LogP) is 3.26. The lowest BCUT2D eigenvalue weighted by molar-refractivity contribution is -0.129. The maximum Gasteiger partial charge on any atom is 0.228 e. The number of carbonyl (C=O) groups excluding carboxylic acids is 2. The van der Waals surface area contributed by atoms with Crippen LogP contribution in [0.25, 0.3) is 0 Å². The first kappa shape index (κ1) is 18.6. The second-order valence-corrected chi connectivity index (χ2v) is 7.81. The molecule has 1 aromatic carbocycles. The fourth-order valence-corrected chi connectivity index (χ4v) is 4.20. The second-order valence-electron chi connectivity index (χ2n) is 7.81. The van der Waals surface area contributed by atoms with Crippen LogP contribution in [0.3, 0.4) is 0 Å². The van der Waals surface area contributed by atoms with Gasteiger partial charge in [0.2, 0.25) is 11.8 Å². The van der Waals surface area contributed by atoms with E-state index in [9.17, 15) is 9.59 Å². The molecule has 6 heteroatoms. The Kier molecular flexibility index (Phi) is 4.87. The lowest BCUT2D eigenvalue weighted by Gasteiger charge is -2.31. The van der Waals surface area contributed by atoms with Crippen molar-refractivity contribution in [3.63, 3.8) is 0 Å². The quantitative estimate of drug-likeness (QED) is 0.822. The monoisotopic (exact) mass is 378 g/mol. The van der Waals surface area contributed by atoms with E-state index in [4.69, 9.17) is 9.97 Å². The van der Waals surface area contributed by atoms with Gasteiger partial charge >= 0.3 is 0 Å². The smallest absolute Gasteiger partial charge is 0.228 e. The molecule has 0 radical (unpaired) electrons. The SMILES string of the molecule is CC(=O)N1CCCC1c1nc(C)c2c(n1)N(Cc1ccc(C)cc1)C(=O)CC2. The van der Waals surface area contributed by atoms with Gasteiger partial charge in [-0.25, -0.2) is 9.97 Å². The highest BCUT2D eigenvalue weighted by Gasteiger charge is 2.34. The fourth-order valence-electron chi connectivity index (χ4n) is 4.20. The highest BCUT2D eigenvalue weighted by atomic mass is 16.2. The van der Waals surface area contributed by atoms with Crippen LogP contribution in [0.5, 0.6) is 0 Å². The topological polar surface area (TPSA) is 66.4 Å². The lowest BCUT2D eigenvalue weighted by Crippen LogP contribution is -2.37. The van der Waals surface area contributed by atoms with Gasteiger partial charge in [0.05, 0.1) is 12.6 Å². The van der Waals surface area contributed by atoms with Crippen LogP contribution in [0.2, 0.25) is 0 Å². The number of anilines is 1. The first-order valence-corrected chi connectivity index (χ1v) is 9.94. The van der Waals surface area contributed by atoms with Crippen molar-refractivity contribution < 1.29 is 9.59 Å². The Morgan fingerprint density at radius 1 is 1.14 bits per heavy atom. The van der Waals surface area contributed by atoms with Crippen LogP contribution in [0.4, 0.5) is 5.82 Å². The molecular formula is C22H26N4O2. The van der Waals surface area contributed by atoms with Crippen LogP contribution in [-0.2, 0) is 22.6 Å². The van der Waals surface area contributed by atoms with Gasteiger partial charge < -0.3 is 4.90 Å². The van der Waals surface area contributed by atoms with Gasteiger partial charge in [-0.1, -0.05) is 29.8 Å². The highest BCUT2D eigenvalue weighted by Crippen LogP contribution is 2.35. The number of fused-ring (bicyclic) bond motifs is 1. The van der Waals surface area contributed by atoms with Gasteiger partial charge in [0.1, 0.15) is 5.82 Å². The minimum atomic E-state index is -0.0975. The van der Waals surface area contributed by atoms with Gasteiger partial charge in [-0.2, -0.15) is 0 Å². The van der Waals surface area contributed by atoms with E-state index >= 15 is 0 Å². The summed E-state index contributed by atoms with van der Waals surface area (Å²) in [7, 11) is 0. The van der Waals surface area contributed by atoms with Crippen molar-refractivity contribution in [3.05, 3.63) is 52.5 Å². The summed E-state index contributed by atoms with van der Waals surface area (Å²) < 4.78 is 0. The number of amides is 2. The Labute approximate surface area is 165 Å². The molecule has 1 aromatic heterocycles. The molecule has 1 atom stereocenters. The molecule has 2 aliphatic rings. The van der Waals surface area contributed by atoms with E-state index in [2.05, 4.69) is 31.2 Å². The first-order chi connectivity index (χ1) is 13.4. The molecule has 0 saturated carbocycles. The summed E-state index contributed by atoms with van der Waals surface area (Å²) in [5.74, 6) is 1.52. The van der Waals surface area contributed by atoms with Crippen molar-refractivity contribution in [1.82, 2.24) is 14.9 Å². The molecule has 146 valence electrons. The van der Waals surface area contributed by atoms with E-state index in [0.29, 0.717) is 25.2 Å². The zero-order valence-electron chi connectivity index (χ0n) is 16.7. The minimum absolute atomic E-state index is 0.0501. The van der Waals surface area contributed by atoms with E-state index in [0.717, 1.165) is 42.0 Å². The Balaban J connectivity index is 1.72. The summed E-state index contributed by atoms with van der Waals surface area (Å²) >= 11 is 0. The number of rotatable bonds is 3. The van der Waals surface area contributed by atoms with E-state index in [1.165, 1.54) is 5.56 Å². The first-order valence-electron chi connectivity index (χ1n) is 9.94. The molecule has 2 aliphatic heterocycles.